The van der Waals surface area contributed by atoms with Crippen molar-refractivity contribution >= 4 is 17.8 Å². The molecule has 0 amide bonds. The van der Waals surface area contributed by atoms with Crippen LogP contribution in [0.4, 0.5) is 5.82 Å². The third kappa shape index (κ3) is 3.75. The highest BCUT2D eigenvalue weighted by molar-refractivity contribution is 5.89. The summed E-state index contributed by atoms with van der Waals surface area (Å²) in [6, 6.07) is 2.32. The molecule has 6 nitrogen and oxygen atoms in total. The molecule has 0 saturated heterocycles. The van der Waals surface area contributed by atoms with Crippen molar-refractivity contribution in [2.45, 2.75) is 19.9 Å². The molecule has 1 atom stereocenters. The van der Waals surface area contributed by atoms with Crippen molar-refractivity contribution in [2.24, 2.45) is 0 Å². The molecule has 1 aromatic rings. The van der Waals surface area contributed by atoms with Gasteiger partial charge < -0.3 is 15.2 Å². The lowest BCUT2D eigenvalue weighted by atomic mass is 10.2. The van der Waals surface area contributed by atoms with Crippen LogP contribution in [0.1, 0.15) is 24.2 Å². The first kappa shape index (κ1) is 13.0. The average Bonchev–Trinajstić information content (AvgIpc) is 2.30. The van der Waals surface area contributed by atoms with Gasteiger partial charge in [0.2, 0.25) is 0 Å². The van der Waals surface area contributed by atoms with Gasteiger partial charge >= 0.3 is 11.9 Å². The van der Waals surface area contributed by atoms with Gasteiger partial charge in [0.25, 0.3) is 0 Å². The average molecular weight is 238 g/mol. The Morgan fingerprint density at radius 3 is 2.71 bits per heavy atom. The molecule has 0 saturated carbocycles. The molecule has 1 heterocycles. The van der Waals surface area contributed by atoms with Crippen LogP contribution in [0.3, 0.4) is 0 Å². The van der Waals surface area contributed by atoms with E-state index in [0.717, 1.165) is 0 Å². The number of hydrogen-bond donors (Lipinski definition) is 2. The van der Waals surface area contributed by atoms with E-state index in [2.05, 4.69) is 10.3 Å². The Labute approximate surface area is 98.6 Å². The topological polar surface area (TPSA) is 88.5 Å². The molecule has 2 N–H and O–H groups in total. The maximum Gasteiger partial charge on any atom is 0.339 e. The number of pyridine rings is 1. The molecule has 6 heteroatoms. The van der Waals surface area contributed by atoms with Crippen LogP contribution >= 0.6 is 0 Å². The van der Waals surface area contributed by atoms with Gasteiger partial charge in [-0.3, -0.25) is 4.79 Å². The van der Waals surface area contributed by atoms with Gasteiger partial charge in [0.1, 0.15) is 11.9 Å². The first-order chi connectivity index (χ1) is 8.04. The lowest BCUT2D eigenvalue weighted by Gasteiger charge is -2.09. The van der Waals surface area contributed by atoms with E-state index in [0.29, 0.717) is 18.0 Å². The summed E-state index contributed by atoms with van der Waals surface area (Å²) in [7, 11) is 0. The van der Waals surface area contributed by atoms with Crippen molar-refractivity contribution in [3.05, 3.63) is 23.9 Å². The van der Waals surface area contributed by atoms with E-state index in [1.54, 1.807) is 6.92 Å². The Morgan fingerprint density at radius 1 is 1.53 bits per heavy atom. The van der Waals surface area contributed by atoms with Crippen molar-refractivity contribution in [2.75, 3.05) is 11.9 Å². The van der Waals surface area contributed by atoms with Crippen LogP contribution in [0.5, 0.6) is 0 Å². The molecular formula is C11H14N2O4. The van der Waals surface area contributed by atoms with Crippen molar-refractivity contribution in [3.8, 4) is 0 Å². The van der Waals surface area contributed by atoms with Crippen LogP contribution in [0, 0.1) is 0 Å². The molecule has 17 heavy (non-hydrogen) atoms. The largest absolute Gasteiger partial charge is 0.480 e. The molecule has 1 rings (SSSR count). The number of hydrogen-bond acceptors (Lipinski definition) is 5. The van der Waals surface area contributed by atoms with Gasteiger partial charge in [-0.2, -0.15) is 0 Å². The van der Waals surface area contributed by atoms with Crippen LogP contribution in [0.25, 0.3) is 0 Å². The second-order valence-electron chi connectivity index (χ2n) is 3.36. The predicted octanol–water partition coefficient (Wildman–Crippen LogP) is 1.14. The number of carbonyl (C=O) groups excluding carboxylic acids is 1. The number of anilines is 1. The molecule has 0 aliphatic rings. The summed E-state index contributed by atoms with van der Waals surface area (Å²) in [5.41, 5.74) is 0.334. The minimum Gasteiger partial charge on any atom is -0.480 e. The zero-order valence-electron chi connectivity index (χ0n) is 9.64. The molecule has 0 aromatic carbocycles. The number of nitrogens with one attached hydrogen (secondary N) is 1. The molecule has 0 aliphatic carbocycles. The van der Waals surface area contributed by atoms with Crippen molar-refractivity contribution in [1.82, 2.24) is 4.98 Å². The molecule has 0 spiro atoms. The fourth-order valence-electron chi connectivity index (χ4n) is 1.10. The standard InChI is InChI=1S/C11H14N2O4/c1-3-17-11(16)8-4-5-9(12-6-8)13-7(2)10(14)15/h4-7H,3H2,1-2H3,(H,12,13)(H,14,15)/t7-/m0/s1. The fourth-order valence-corrected chi connectivity index (χ4v) is 1.10. The van der Waals surface area contributed by atoms with Crippen molar-refractivity contribution in [3.63, 3.8) is 0 Å². The van der Waals surface area contributed by atoms with E-state index in [-0.39, 0.29) is 0 Å². The Bertz CT molecular complexity index is 402. The second-order valence-corrected chi connectivity index (χ2v) is 3.36. The van der Waals surface area contributed by atoms with E-state index in [1.807, 2.05) is 0 Å². The number of carboxylic acids is 1. The highest BCUT2D eigenvalue weighted by Gasteiger charge is 2.11. The van der Waals surface area contributed by atoms with Crippen LogP contribution < -0.4 is 5.32 Å². The third-order valence-electron chi connectivity index (χ3n) is 2.01. The summed E-state index contributed by atoms with van der Waals surface area (Å²) < 4.78 is 4.79. The van der Waals surface area contributed by atoms with Gasteiger partial charge in [-0.15, -0.1) is 0 Å². The monoisotopic (exact) mass is 238 g/mol. The number of aromatic nitrogens is 1. The van der Waals surface area contributed by atoms with E-state index >= 15 is 0 Å². The number of rotatable bonds is 5. The Morgan fingerprint density at radius 2 is 2.24 bits per heavy atom. The van der Waals surface area contributed by atoms with Crippen LogP contribution in [0.15, 0.2) is 18.3 Å². The number of nitrogens with zero attached hydrogens (tertiary/aromatic N) is 1. The normalized spacial score (nSPS) is 11.6. The zero-order chi connectivity index (χ0) is 12.8. The SMILES string of the molecule is CCOC(=O)c1ccc(N[C@@H](C)C(=O)O)nc1. The number of carbonyl (C=O) groups is 2. The number of aliphatic carboxylic acids is 1. The number of esters is 1. The van der Waals surface area contributed by atoms with Crippen molar-refractivity contribution in [1.29, 1.82) is 0 Å². The Kier molecular flexibility index (Phi) is 4.45. The minimum absolute atomic E-state index is 0.300. The minimum atomic E-state index is -0.971. The summed E-state index contributed by atoms with van der Waals surface area (Å²) in [4.78, 5) is 25.8. The van der Waals surface area contributed by atoms with Crippen LogP contribution in [-0.4, -0.2) is 34.7 Å². The zero-order valence-corrected chi connectivity index (χ0v) is 9.64. The molecule has 0 bridgehead atoms. The first-order valence-electron chi connectivity index (χ1n) is 5.17. The summed E-state index contributed by atoms with van der Waals surface area (Å²) >= 11 is 0. The Balaban J connectivity index is 2.68. The molecular weight excluding hydrogens is 224 g/mol. The van der Waals surface area contributed by atoms with E-state index in [4.69, 9.17) is 9.84 Å². The maximum absolute atomic E-state index is 11.3. The van der Waals surface area contributed by atoms with E-state index in [9.17, 15) is 9.59 Å². The van der Waals surface area contributed by atoms with Gasteiger partial charge in [-0.1, -0.05) is 0 Å². The molecule has 0 unspecified atom stereocenters. The molecule has 1 aromatic heterocycles. The van der Waals surface area contributed by atoms with Crippen molar-refractivity contribution < 1.29 is 19.4 Å². The molecule has 0 radical (unpaired) electrons. The fraction of sp³-hybridized carbons (Fsp3) is 0.364. The van der Waals surface area contributed by atoms with Crippen LogP contribution in [-0.2, 0) is 9.53 Å². The molecule has 0 aliphatic heterocycles. The van der Waals surface area contributed by atoms with Gasteiger partial charge in [-0.05, 0) is 26.0 Å². The highest BCUT2D eigenvalue weighted by Crippen LogP contribution is 2.07. The molecule has 92 valence electrons. The quantitative estimate of drug-likeness (QED) is 0.748. The smallest absolute Gasteiger partial charge is 0.339 e. The van der Waals surface area contributed by atoms with E-state index in [1.165, 1.54) is 25.3 Å². The summed E-state index contributed by atoms with van der Waals surface area (Å²) in [5.74, 6) is -1.02. The lowest BCUT2D eigenvalue weighted by molar-refractivity contribution is -0.137. The van der Waals surface area contributed by atoms with E-state index < -0.39 is 18.0 Å². The summed E-state index contributed by atoms with van der Waals surface area (Å²) in [6.45, 7) is 3.52. The second kappa shape index (κ2) is 5.83. The van der Waals surface area contributed by atoms with Gasteiger partial charge in [0, 0.05) is 6.20 Å². The lowest BCUT2D eigenvalue weighted by Crippen LogP contribution is -2.25. The van der Waals surface area contributed by atoms with Gasteiger partial charge in [-0.25, -0.2) is 9.78 Å². The summed E-state index contributed by atoms with van der Waals surface area (Å²) in [5, 5.41) is 11.4. The predicted molar refractivity (Wildman–Crippen MR) is 60.9 cm³/mol. The Hall–Kier alpha value is -2.11. The first-order valence-corrected chi connectivity index (χ1v) is 5.17. The highest BCUT2D eigenvalue weighted by atomic mass is 16.5. The number of carboxylic acid groups (broad SMARTS) is 1. The van der Waals surface area contributed by atoms with Crippen LogP contribution in [0.2, 0.25) is 0 Å². The third-order valence-corrected chi connectivity index (χ3v) is 2.01. The van der Waals surface area contributed by atoms with Gasteiger partial charge in [0.05, 0.1) is 12.2 Å². The van der Waals surface area contributed by atoms with Gasteiger partial charge in [0.15, 0.2) is 0 Å². The summed E-state index contributed by atoms with van der Waals surface area (Å²) in [6.07, 6.45) is 1.34. The molecule has 0 fully saturated rings. The maximum atomic E-state index is 11.3. The number of ether oxygens (including phenoxy) is 1.